The lowest BCUT2D eigenvalue weighted by Crippen LogP contribution is -2.51. The number of rotatable bonds is 7. The van der Waals surface area contributed by atoms with Crippen LogP contribution >= 0.6 is 0 Å². The molecule has 78 valence electrons. The predicted octanol–water partition coefficient (Wildman–Crippen LogP) is 2.06. The fourth-order valence-corrected chi connectivity index (χ4v) is 1.53. The molecule has 1 unspecified atom stereocenters. The van der Waals surface area contributed by atoms with Crippen molar-refractivity contribution in [1.82, 2.24) is 5.32 Å². The molecule has 0 aliphatic rings. The zero-order chi connectivity index (χ0) is 10.3. The van der Waals surface area contributed by atoms with Crippen molar-refractivity contribution in [2.24, 2.45) is 5.73 Å². The van der Waals surface area contributed by atoms with E-state index in [0.717, 1.165) is 19.4 Å². The molecule has 0 fully saturated rings. The Hall–Kier alpha value is -0.340. The van der Waals surface area contributed by atoms with Crippen LogP contribution in [-0.2, 0) is 0 Å². The molecule has 13 heavy (non-hydrogen) atoms. The molecule has 3 N–H and O–H groups in total. The molecule has 0 aliphatic heterocycles. The van der Waals surface area contributed by atoms with Gasteiger partial charge in [-0.1, -0.05) is 32.4 Å². The second kappa shape index (κ2) is 6.17. The summed E-state index contributed by atoms with van der Waals surface area (Å²) in [6.45, 7) is 11.9. The zero-order valence-corrected chi connectivity index (χ0v) is 9.32. The van der Waals surface area contributed by atoms with E-state index in [1.165, 1.54) is 12.0 Å². The van der Waals surface area contributed by atoms with Gasteiger partial charge in [0.05, 0.1) is 0 Å². The van der Waals surface area contributed by atoms with E-state index in [-0.39, 0.29) is 5.54 Å². The Labute approximate surface area is 82.6 Å². The first-order valence-electron chi connectivity index (χ1n) is 5.19. The minimum absolute atomic E-state index is 0.133. The van der Waals surface area contributed by atoms with E-state index in [9.17, 15) is 0 Å². The Kier molecular flexibility index (Phi) is 6.00. The summed E-state index contributed by atoms with van der Waals surface area (Å²) in [6.07, 6.45) is 3.41. The monoisotopic (exact) mass is 184 g/mol. The van der Waals surface area contributed by atoms with Gasteiger partial charge in [-0.3, -0.25) is 0 Å². The molecule has 0 saturated heterocycles. The second-order valence-corrected chi connectivity index (χ2v) is 3.90. The standard InChI is InChI=1S/C11H24N2/c1-5-7-11(6-2,9-12)13-8-10(3)4/h13H,3,5-9,12H2,1-2,4H3. The molecule has 0 spiro atoms. The van der Waals surface area contributed by atoms with Gasteiger partial charge >= 0.3 is 0 Å². The van der Waals surface area contributed by atoms with Crippen molar-refractivity contribution in [1.29, 1.82) is 0 Å². The Morgan fingerprint density at radius 2 is 2.08 bits per heavy atom. The minimum atomic E-state index is 0.133. The van der Waals surface area contributed by atoms with Crippen LogP contribution in [0, 0.1) is 0 Å². The van der Waals surface area contributed by atoms with Gasteiger partial charge in [-0.05, 0) is 19.8 Å². The molecule has 0 bridgehead atoms. The normalized spacial score (nSPS) is 15.4. The van der Waals surface area contributed by atoms with E-state index in [1.54, 1.807) is 0 Å². The van der Waals surface area contributed by atoms with Gasteiger partial charge in [0, 0.05) is 18.6 Å². The van der Waals surface area contributed by atoms with Crippen LogP contribution in [0.2, 0.25) is 0 Å². The summed E-state index contributed by atoms with van der Waals surface area (Å²) in [5, 5.41) is 3.51. The van der Waals surface area contributed by atoms with Gasteiger partial charge in [-0.15, -0.1) is 0 Å². The minimum Gasteiger partial charge on any atom is -0.329 e. The van der Waals surface area contributed by atoms with Gasteiger partial charge in [-0.25, -0.2) is 0 Å². The first-order chi connectivity index (χ1) is 6.10. The molecule has 2 nitrogen and oxygen atoms in total. The molecule has 0 aromatic heterocycles. The fourth-order valence-electron chi connectivity index (χ4n) is 1.53. The summed E-state index contributed by atoms with van der Waals surface area (Å²) in [5.41, 5.74) is 7.10. The van der Waals surface area contributed by atoms with Crippen LogP contribution in [0.15, 0.2) is 12.2 Å². The Balaban J connectivity index is 4.12. The maximum Gasteiger partial charge on any atom is 0.0304 e. The number of hydrogen-bond donors (Lipinski definition) is 2. The molecule has 0 radical (unpaired) electrons. The molecule has 1 atom stereocenters. The third-order valence-electron chi connectivity index (χ3n) is 2.56. The van der Waals surface area contributed by atoms with Crippen LogP contribution < -0.4 is 11.1 Å². The molecule has 2 heteroatoms. The molecular formula is C11H24N2. The lowest BCUT2D eigenvalue weighted by molar-refractivity contribution is 0.305. The maximum absolute atomic E-state index is 5.80. The highest BCUT2D eigenvalue weighted by molar-refractivity contribution is 4.96. The maximum atomic E-state index is 5.80. The highest BCUT2D eigenvalue weighted by atomic mass is 15.0. The molecule has 0 aliphatic carbocycles. The van der Waals surface area contributed by atoms with Gasteiger partial charge < -0.3 is 11.1 Å². The fraction of sp³-hybridized carbons (Fsp3) is 0.818. The summed E-state index contributed by atoms with van der Waals surface area (Å²) >= 11 is 0. The van der Waals surface area contributed by atoms with Gasteiger partial charge in [-0.2, -0.15) is 0 Å². The average molecular weight is 184 g/mol. The van der Waals surface area contributed by atoms with E-state index in [0.29, 0.717) is 6.54 Å². The van der Waals surface area contributed by atoms with Crippen LogP contribution in [-0.4, -0.2) is 18.6 Å². The predicted molar refractivity (Wildman–Crippen MR) is 59.8 cm³/mol. The summed E-state index contributed by atoms with van der Waals surface area (Å²) in [4.78, 5) is 0. The van der Waals surface area contributed by atoms with Gasteiger partial charge in [0.2, 0.25) is 0 Å². The van der Waals surface area contributed by atoms with E-state index in [1.807, 2.05) is 6.92 Å². The highest BCUT2D eigenvalue weighted by Gasteiger charge is 2.23. The van der Waals surface area contributed by atoms with Crippen LogP contribution in [0.4, 0.5) is 0 Å². The van der Waals surface area contributed by atoms with E-state index in [2.05, 4.69) is 25.7 Å². The molecular weight excluding hydrogens is 160 g/mol. The lowest BCUT2D eigenvalue weighted by atomic mass is 9.90. The van der Waals surface area contributed by atoms with Crippen LogP contribution in [0.3, 0.4) is 0 Å². The highest BCUT2D eigenvalue weighted by Crippen LogP contribution is 2.15. The smallest absolute Gasteiger partial charge is 0.0304 e. The quantitative estimate of drug-likeness (QED) is 0.594. The second-order valence-electron chi connectivity index (χ2n) is 3.90. The van der Waals surface area contributed by atoms with Crippen LogP contribution in [0.25, 0.3) is 0 Å². The van der Waals surface area contributed by atoms with Gasteiger partial charge in [0.1, 0.15) is 0 Å². The molecule has 0 aromatic rings. The van der Waals surface area contributed by atoms with Crippen molar-refractivity contribution in [3.8, 4) is 0 Å². The van der Waals surface area contributed by atoms with Crippen LogP contribution in [0.5, 0.6) is 0 Å². The van der Waals surface area contributed by atoms with Crippen molar-refractivity contribution in [3.63, 3.8) is 0 Å². The van der Waals surface area contributed by atoms with Crippen molar-refractivity contribution >= 4 is 0 Å². The third kappa shape index (κ3) is 4.44. The summed E-state index contributed by atoms with van der Waals surface area (Å²) in [7, 11) is 0. The summed E-state index contributed by atoms with van der Waals surface area (Å²) < 4.78 is 0. The molecule has 0 aromatic carbocycles. The number of hydrogen-bond acceptors (Lipinski definition) is 2. The molecule has 0 saturated carbocycles. The first-order valence-corrected chi connectivity index (χ1v) is 5.19. The van der Waals surface area contributed by atoms with Gasteiger partial charge in [0.15, 0.2) is 0 Å². The summed E-state index contributed by atoms with van der Waals surface area (Å²) in [5.74, 6) is 0. The van der Waals surface area contributed by atoms with E-state index < -0.39 is 0 Å². The summed E-state index contributed by atoms with van der Waals surface area (Å²) in [6, 6.07) is 0. The Bertz CT molecular complexity index is 148. The van der Waals surface area contributed by atoms with E-state index in [4.69, 9.17) is 5.73 Å². The molecule has 0 heterocycles. The van der Waals surface area contributed by atoms with Gasteiger partial charge in [0.25, 0.3) is 0 Å². The first kappa shape index (κ1) is 12.7. The number of nitrogens with two attached hydrogens (primary N) is 1. The Morgan fingerprint density at radius 3 is 2.38 bits per heavy atom. The van der Waals surface area contributed by atoms with E-state index >= 15 is 0 Å². The SMILES string of the molecule is C=C(C)CNC(CC)(CN)CCC. The van der Waals surface area contributed by atoms with Crippen molar-refractivity contribution in [3.05, 3.63) is 12.2 Å². The van der Waals surface area contributed by atoms with Crippen molar-refractivity contribution < 1.29 is 0 Å². The van der Waals surface area contributed by atoms with Crippen molar-refractivity contribution in [2.45, 2.75) is 45.6 Å². The topological polar surface area (TPSA) is 38.0 Å². The largest absolute Gasteiger partial charge is 0.329 e. The van der Waals surface area contributed by atoms with Crippen LogP contribution in [0.1, 0.15) is 40.0 Å². The zero-order valence-electron chi connectivity index (χ0n) is 9.32. The third-order valence-corrected chi connectivity index (χ3v) is 2.56. The average Bonchev–Trinajstić information content (AvgIpc) is 2.12. The van der Waals surface area contributed by atoms with Crippen molar-refractivity contribution in [2.75, 3.05) is 13.1 Å². The molecule has 0 rings (SSSR count). The lowest BCUT2D eigenvalue weighted by Gasteiger charge is -2.32. The number of nitrogens with one attached hydrogen (secondary N) is 1. The Morgan fingerprint density at radius 1 is 1.46 bits per heavy atom. The molecule has 0 amide bonds.